The number of benzene rings is 1. The Hall–Kier alpha value is -1.40. The number of nitrogens with one attached hydrogen (secondary N) is 1. The summed E-state index contributed by atoms with van der Waals surface area (Å²) in [6.07, 6.45) is 4.26. The number of amides is 2. The molecule has 0 spiro atoms. The van der Waals surface area contributed by atoms with Crippen LogP contribution < -0.4 is 10.1 Å². The molecule has 1 fully saturated rings. The number of pyridine rings is 1. The van der Waals surface area contributed by atoms with E-state index in [9.17, 15) is 9.59 Å². The first-order valence-electron chi connectivity index (χ1n) is 8.54. The summed E-state index contributed by atoms with van der Waals surface area (Å²) in [7, 11) is 0. The number of hydrogen-bond acceptors (Lipinski definition) is 5. The summed E-state index contributed by atoms with van der Waals surface area (Å²) in [5, 5.41) is 2.16. The van der Waals surface area contributed by atoms with Crippen LogP contribution in [0.1, 0.15) is 23.7 Å². The fraction of sp³-hybridized carbons (Fsp3) is 0.316. The van der Waals surface area contributed by atoms with Gasteiger partial charge in [0.2, 0.25) is 0 Å². The number of aryl methyl sites for hydroxylation is 1. The van der Waals surface area contributed by atoms with Crippen molar-refractivity contribution in [1.29, 1.82) is 0 Å². The van der Waals surface area contributed by atoms with E-state index in [1.807, 2.05) is 36.5 Å². The van der Waals surface area contributed by atoms with Crippen molar-refractivity contribution in [1.82, 2.24) is 10.3 Å². The van der Waals surface area contributed by atoms with Gasteiger partial charge in [-0.2, -0.15) is 0 Å². The van der Waals surface area contributed by atoms with Crippen LogP contribution in [0, 0.1) is 0 Å². The van der Waals surface area contributed by atoms with Gasteiger partial charge in [0.05, 0.1) is 0 Å². The Balaban J connectivity index is 1.51. The van der Waals surface area contributed by atoms with E-state index >= 15 is 0 Å². The molecule has 1 saturated heterocycles. The maximum absolute atomic E-state index is 12.0. The molecule has 0 unspecified atom stereocenters. The Bertz CT molecular complexity index is 795. The summed E-state index contributed by atoms with van der Waals surface area (Å²) in [5.74, 6) is 0.656. The van der Waals surface area contributed by atoms with Gasteiger partial charge in [-0.05, 0) is 12.0 Å². The summed E-state index contributed by atoms with van der Waals surface area (Å²) in [6.45, 7) is 2.68. The number of nitrogens with zero attached hydrogens (tertiary/aromatic N) is 1. The van der Waals surface area contributed by atoms with Crippen molar-refractivity contribution in [2.45, 2.75) is 28.4 Å². The third-order valence-corrected chi connectivity index (χ3v) is 9.16. The van der Waals surface area contributed by atoms with Gasteiger partial charge in [-0.15, -0.1) is 0 Å². The second-order valence-electron chi connectivity index (χ2n) is 6.27. The van der Waals surface area contributed by atoms with E-state index in [4.69, 9.17) is 4.74 Å². The molecule has 3 rings (SSSR count). The summed E-state index contributed by atoms with van der Waals surface area (Å²) in [4.78, 5) is 27.8. The third kappa shape index (κ3) is 4.85. The number of hydrogen-bond donors (Lipinski definition) is 1. The molecule has 1 aromatic carbocycles. The molecule has 2 heterocycles. The molecule has 0 aliphatic carbocycles. The molecular weight excluding hydrogens is 537 g/mol. The minimum atomic E-state index is -0.546. The van der Waals surface area contributed by atoms with E-state index in [1.54, 1.807) is 0 Å². The van der Waals surface area contributed by atoms with Crippen molar-refractivity contribution in [3.63, 3.8) is 0 Å². The fourth-order valence-electron chi connectivity index (χ4n) is 2.69. The van der Waals surface area contributed by atoms with Gasteiger partial charge in [-0.25, -0.2) is 0 Å². The molecule has 0 bridgehead atoms. The zero-order valence-electron chi connectivity index (χ0n) is 14.7. The van der Waals surface area contributed by atoms with Gasteiger partial charge in [-0.3, -0.25) is 0 Å². The van der Waals surface area contributed by atoms with E-state index in [1.165, 1.54) is 5.56 Å². The normalized spacial score (nSPS) is 19.5. The Kier molecular flexibility index (Phi) is 6.35. The molecule has 1 atom stereocenters. The van der Waals surface area contributed by atoms with Crippen molar-refractivity contribution in [3.05, 3.63) is 59.4 Å². The van der Waals surface area contributed by atoms with Crippen LogP contribution in [0.25, 0.3) is 0 Å². The van der Waals surface area contributed by atoms with Gasteiger partial charge in [0.1, 0.15) is 0 Å². The summed E-state index contributed by atoms with van der Waals surface area (Å²) in [5.41, 5.74) is 3.30. The molecule has 5 nitrogen and oxygen atoms in total. The first-order chi connectivity index (χ1) is 12.5. The van der Waals surface area contributed by atoms with Gasteiger partial charge in [0, 0.05) is 0 Å². The van der Waals surface area contributed by atoms with Crippen molar-refractivity contribution >= 4 is 22.9 Å². The first-order valence-corrected chi connectivity index (χ1v) is 12.1. The van der Waals surface area contributed by atoms with E-state index in [0.29, 0.717) is 13.0 Å². The van der Waals surface area contributed by atoms with Gasteiger partial charge in [0.25, 0.3) is 0 Å². The number of thioether (sulfide) groups is 1. The first kappa shape index (κ1) is 19.4. The van der Waals surface area contributed by atoms with Crippen molar-refractivity contribution in [3.8, 4) is 5.75 Å². The monoisotopic (exact) mass is 557 g/mol. The average molecular weight is 556 g/mol. The summed E-state index contributed by atoms with van der Waals surface area (Å²) in [6, 6.07) is 11.9. The average Bonchev–Trinajstić information content (AvgIpc) is 2.88. The van der Waals surface area contributed by atoms with Crippen LogP contribution in [0.5, 0.6) is 5.75 Å². The number of ether oxygens (including phenoxy) is 1. The molecule has 1 aliphatic heterocycles. The van der Waals surface area contributed by atoms with E-state index in [2.05, 4.69) is 23.3 Å². The molecule has 7 heteroatoms. The zero-order valence-corrected chi connectivity index (χ0v) is 21.0. The van der Waals surface area contributed by atoms with Crippen LogP contribution in [0.3, 0.4) is 0 Å². The van der Waals surface area contributed by atoms with Crippen LogP contribution in [0.2, 0.25) is 0 Å². The maximum atomic E-state index is 12.0. The molecule has 2 aromatic rings. The number of aromatic nitrogens is 1. The van der Waals surface area contributed by atoms with Crippen LogP contribution in [-0.2, 0) is 50.2 Å². The van der Waals surface area contributed by atoms with Gasteiger partial charge >= 0.3 is 155 Å². The van der Waals surface area contributed by atoms with Crippen molar-refractivity contribution < 1.29 is 40.4 Å². The molecule has 1 N–H and O–H groups in total. The third-order valence-electron chi connectivity index (χ3n) is 4.25. The van der Waals surface area contributed by atoms with Gasteiger partial charge < -0.3 is 0 Å². The molecule has 131 valence electrons. The number of rotatable bonds is 7. The van der Waals surface area contributed by atoms with Gasteiger partial charge in [0.15, 0.2) is 0 Å². The number of carbonyl (C=O) groups is 2. The summed E-state index contributed by atoms with van der Waals surface area (Å²) < 4.78 is 5.24. The predicted octanol–water partition coefficient (Wildman–Crippen LogP) is 3.03. The molecule has 1 aromatic heterocycles. The van der Waals surface area contributed by atoms with Gasteiger partial charge in [-0.1, -0.05) is 6.92 Å². The molecule has 26 heavy (non-hydrogen) atoms. The Morgan fingerprint density at radius 2 is 1.88 bits per heavy atom. The van der Waals surface area contributed by atoms with E-state index < -0.39 is 2.26 Å². The molecular formula is C19H19HgN2O3S. The zero-order chi connectivity index (χ0) is 18.6. The second-order valence-corrected chi connectivity index (χ2v) is 14.3. The standard InChI is InChI=1S/C19H19N2O3S.Hg/c1-2-13-3-6-15(20-12-13)9-10-24-16-7-4-14(5-8-16)11-17-18(22)21-19(23)25-17;/h3-8,12H,2,9-11H2,1H3,(H,21,22,23);. The van der Waals surface area contributed by atoms with Crippen LogP contribution in [-0.4, -0.2) is 25.0 Å². The van der Waals surface area contributed by atoms with E-state index in [0.717, 1.165) is 41.6 Å². The molecule has 0 radical (unpaired) electrons. The SMILES string of the molecule is CCc1ccc(CCOc2ccc(C[C@@]3([Hg])SC(=O)NC3=O)cc2)nc1. The van der Waals surface area contributed by atoms with E-state index in [-0.39, 0.29) is 37.3 Å². The quantitative estimate of drug-likeness (QED) is 0.532. The van der Waals surface area contributed by atoms with Crippen LogP contribution in [0.4, 0.5) is 4.79 Å². The molecule has 0 saturated carbocycles. The number of imide groups is 1. The van der Waals surface area contributed by atoms with Crippen molar-refractivity contribution in [2.24, 2.45) is 0 Å². The predicted molar refractivity (Wildman–Crippen MR) is 96.8 cm³/mol. The number of carbonyl (C=O) groups excluding carboxylic acids is 2. The van der Waals surface area contributed by atoms with Crippen LogP contribution in [0.15, 0.2) is 42.6 Å². The molecule has 2 amide bonds. The van der Waals surface area contributed by atoms with Crippen LogP contribution >= 0.6 is 11.8 Å². The minimum absolute atomic E-state index is 0.141. The second kappa shape index (κ2) is 8.52. The van der Waals surface area contributed by atoms with Crippen molar-refractivity contribution in [2.75, 3.05) is 6.61 Å². The topological polar surface area (TPSA) is 68.3 Å². The fourth-order valence-corrected chi connectivity index (χ4v) is 6.57. The summed E-state index contributed by atoms with van der Waals surface area (Å²) >= 11 is 1.28. The Labute approximate surface area is 173 Å². The molecule has 1 aliphatic rings. The Morgan fingerprint density at radius 1 is 1.15 bits per heavy atom. The Morgan fingerprint density at radius 3 is 2.46 bits per heavy atom.